The fraction of sp³-hybridized carbons (Fsp3) is 0.136. The number of pyridine rings is 1. The fourth-order valence-electron chi connectivity index (χ4n) is 2.59. The third-order valence-corrected chi connectivity index (χ3v) is 4.15. The molecule has 0 atom stereocenters. The molecule has 130 valence electrons. The molecule has 0 spiro atoms. The number of amides is 1. The van der Waals surface area contributed by atoms with Crippen molar-refractivity contribution in [1.82, 2.24) is 5.32 Å². The van der Waals surface area contributed by atoms with Gasteiger partial charge in [0, 0.05) is 24.2 Å². The van der Waals surface area contributed by atoms with E-state index in [-0.39, 0.29) is 18.2 Å². The smallest absolute Gasteiger partial charge is 0.252 e. The molecule has 0 fully saturated rings. The van der Waals surface area contributed by atoms with Crippen molar-refractivity contribution in [2.45, 2.75) is 20.0 Å². The van der Waals surface area contributed by atoms with Crippen LogP contribution in [0.3, 0.4) is 0 Å². The first-order valence-corrected chi connectivity index (χ1v) is 8.53. The Balaban J connectivity index is 1.58. The number of nitrogens with zero attached hydrogens (tertiary/aromatic N) is 1. The number of nitrogens with one attached hydrogen (secondary N) is 1. The van der Waals surface area contributed by atoms with Crippen LogP contribution < -0.4 is 9.88 Å². The van der Waals surface area contributed by atoms with Crippen LogP contribution >= 0.6 is 0 Å². The molecular formula is C22H21N2O2+. The van der Waals surface area contributed by atoms with Crippen LogP contribution in [0.5, 0.6) is 0 Å². The zero-order chi connectivity index (χ0) is 18.4. The van der Waals surface area contributed by atoms with Crippen LogP contribution in [0.2, 0.25) is 0 Å². The number of hydrogen-bond donors (Lipinski definition) is 1. The van der Waals surface area contributed by atoms with Gasteiger partial charge >= 0.3 is 0 Å². The van der Waals surface area contributed by atoms with Gasteiger partial charge in [0.15, 0.2) is 12.4 Å². The second-order valence-electron chi connectivity index (χ2n) is 6.22. The number of carbonyl (C=O) groups is 2. The highest BCUT2D eigenvalue weighted by Gasteiger charge is 2.13. The lowest BCUT2D eigenvalue weighted by molar-refractivity contribution is -0.683. The number of hydrogen-bond acceptors (Lipinski definition) is 2. The predicted molar refractivity (Wildman–Crippen MR) is 99.8 cm³/mol. The van der Waals surface area contributed by atoms with Crippen LogP contribution in [0.15, 0.2) is 79.1 Å². The number of ketones is 1. The third-order valence-electron chi connectivity index (χ3n) is 4.15. The molecule has 0 unspecified atom stereocenters. The lowest BCUT2D eigenvalue weighted by Gasteiger charge is -2.05. The van der Waals surface area contributed by atoms with E-state index in [2.05, 4.69) is 5.32 Å². The summed E-state index contributed by atoms with van der Waals surface area (Å²) in [6.45, 7) is 2.72. The summed E-state index contributed by atoms with van der Waals surface area (Å²) >= 11 is 0. The molecule has 1 N–H and O–H groups in total. The average molecular weight is 345 g/mol. The summed E-state index contributed by atoms with van der Waals surface area (Å²) in [6, 6.07) is 20.7. The highest BCUT2D eigenvalue weighted by atomic mass is 16.1. The summed E-state index contributed by atoms with van der Waals surface area (Å²) < 4.78 is 1.77. The minimum absolute atomic E-state index is 0.0382. The Kier molecular flexibility index (Phi) is 5.54. The van der Waals surface area contributed by atoms with Crippen molar-refractivity contribution in [2.75, 3.05) is 0 Å². The maximum Gasteiger partial charge on any atom is 0.252 e. The fourth-order valence-corrected chi connectivity index (χ4v) is 2.59. The van der Waals surface area contributed by atoms with Gasteiger partial charge in [0.2, 0.25) is 12.3 Å². The molecule has 0 bridgehead atoms. The Morgan fingerprint density at radius 2 is 1.50 bits per heavy atom. The van der Waals surface area contributed by atoms with Gasteiger partial charge < -0.3 is 5.32 Å². The zero-order valence-corrected chi connectivity index (χ0v) is 14.7. The molecule has 0 saturated carbocycles. The van der Waals surface area contributed by atoms with Gasteiger partial charge in [-0.2, -0.15) is 4.57 Å². The lowest BCUT2D eigenvalue weighted by Crippen LogP contribution is -2.37. The van der Waals surface area contributed by atoms with E-state index in [1.807, 2.05) is 61.5 Å². The number of aryl methyl sites for hydroxylation is 1. The van der Waals surface area contributed by atoms with Gasteiger partial charge in [-0.1, -0.05) is 60.2 Å². The van der Waals surface area contributed by atoms with Crippen molar-refractivity contribution >= 4 is 11.7 Å². The highest BCUT2D eigenvalue weighted by Crippen LogP contribution is 2.04. The van der Waals surface area contributed by atoms with E-state index in [1.54, 1.807) is 29.1 Å². The number of Topliss-reactive ketones (excluding diaryl/α,β-unsaturated/α-hetero) is 1. The van der Waals surface area contributed by atoms with E-state index in [0.717, 1.165) is 11.1 Å². The Morgan fingerprint density at radius 3 is 2.15 bits per heavy atom. The minimum atomic E-state index is -0.133. The quantitative estimate of drug-likeness (QED) is 0.551. The van der Waals surface area contributed by atoms with Crippen molar-refractivity contribution in [3.8, 4) is 0 Å². The lowest BCUT2D eigenvalue weighted by atomic mass is 10.1. The van der Waals surface area contributed by atoms with Crippen LogP contribution in [0.4, 0.5) is 0 Å². The van der Waals surface area contributed by atoms with Crippen LogP contribution in [0.1, 0.15) is 31.8 Å². The van der Waals surface area contributed by atoms with Crippen molar-refractivity contribution in [3.63, 3.8) is 0 Å². The molecule has 4 nitrogen and oxygen atoms in total. The molecule has 0 radical (unpaired) electrons. The maximum absolute atomic E-state index is 12.3. The second-order valence-corrected chi connectivity index (χ2v) is 6.22. The number of carbonyl (C=O) groups excluding carboxylic acids is 2. The molecule has 2 aromatic carbocycles. The Morgan fingerprint density at radius 1 is 0.846 bits per heavy atom. The van der Waals surface area contributed by atoms with Crippen LogP contribution in [0, 0.1) is 6.92 Å². The Hall–Kier alpha value is -3.27. The Labute approximate surface area is 153 Å². The number of benzene rings is 2. The van der Waals surface area contributed by atoms with E-state index >= 15 is 0 Å². The Bertz CT molecular complexity index is 886. The summed E-state index contributed by atoms with van der Waals surface area (Å²) in [5.74, 6) is -0.0952. The first-order chi connectivity index (χ1) is 12.6. The molecule has 4 heteroatoms. The molecule has 1 heterocycles. The standard InChI is InChI=1S/C22H20N2O2/c1-17-7-9-19(10-8-17)21(25)16-24-13-11-20(12-14-24)22(26)23-15-18-5-3-2-4-6-18/h2-14H,15-16H2,1H3/p+1. The summed E-state index contributed by atoms with van der Waals surface area (Å²) in [5, 5.41) is 2.89. The molecule has 26 heavy (non-hydrogen) atoms. The van der Waals surface area contributed by atoms with E-state index in [1.165, 1.54) is 0 Å². The van der Waals surface area contributed by atoms with Gasteiger partial charge in [-0.3, -0.25) is 9.59 Å². The van der Waals surface area contributed by atoms with Crippen molar-refractivity contribution in [2.24, 2.45) is 0 Å². The van der Waals surface area contributed by atoms with Crippen molar-refractivity contribution < 1.29 is 14.2 Å². The molecule has 1 amide bonds. The predicted octanol–water partition coefficient (Wildman–Crippen LogP) is 3.10. The molecule has 1 aromatic heterocycles. The van der Waals surface area contributed by atoms with E-state index in [4.69, 9.17) is 0 Å². The second kappa shape index (κ2) is 8.21. The van der Waals surface area contributed by atoms with Gasteiger partial charge in [-0.25, -0.2) is 0 Å². The van der Waals surface area contributed by atoms with Crippen LogP contribution in [-0.2, 0) is 13.1 Å². The molecule has 3 rings (SSSR count). The summed E-state index contributed by atoms with van der Waals surface area (Å²) in [7, 11) is 0. The molecule has 0 aliphatic heterocycles. The first kappa shape index (κ1) is 17.5. The van der Waals surface area contributed by atoms with Gasteiger partial charge in [-0.05, 0) is 12.5 Å². The zero-order valence-electron chi connectivity index (χ0n) is 14.7. The maximum atomic E-state index is 12.3. The average Bonchev–Trinajstić information content (AvgIpc) is 2.68. The molecule has 3 aromatic rings. The van der Waals surface area contributed by atoms with E-state index in [0.29, 0.717) is 17.7 Å². The largest absolute Gasteiger partial charge is 0.348 e. The van der Waals surface area contributed by atoms with Crippen LogP contribution in [-0.4, -0.2) is 11.7 Å². The first-order valence-electron chi connectivity index (χ1n) is 8.53. The SMILES string of the molecule is Cc1ccc(C(=O)C[n+]2ccc(C(=O)NCc3ccccc3)cc2)cc1. The van der Waals surface area contributed by atoms with Gasteiger partial charge in [-0.15, -0.1) is 0 Å². The normalized spacial score (nSPS) is 10.3. The van der Waals surface area contributed by atoms with Crippen molar-refractivity contribution in [1.29, 1.82) is 0 Å². The van der Waals surface area contributed by atoms with Gasteiger partial charge in [0.05, 0.1) is 5.56 Å². The monoisotopic (exact) mass is 345 g/mol. The molecule has 0 aliphatic carbocycles. The molecular weight excluding hydrogens is 324 g/mol. The molecule has 0 saturated heterocycles. The van der Waals surface area contributed by atoms with Gasteiger partial charge in [0.1, 0.15) is 0 Å². The van der Waals surface area contributed by atoms with Crippen LogP contribution in [0.25, 0.3) is 0 Å². The number of rotatable bonds is 6. The summed E-state index contributed by atoms with van der Waals surface area (Å²) in [5.41, 5.74) is 3.43. The minimum Gasteiger partial charge on any atom is -0.348 e. The highest BCUT2D eigenvalue weighted by molar-refractivity contribution is 5.95. The third kappa shape index (κ3) is 4.63. The molecule has 0 aliphatic rings. The van der Waals surface area contributed by atoms with E-state index in [9.17, 15) is 9.59 Å². The summed E-state index contributed by atoms with van der Waals surface area (Å²) in [6.07, 6.45) is 3.51. The van der Waals surface area contributed by atoms with E-state index < -0.39 is 0 Å². The topological polar surface area (TPSA) is 50.0 Å². The summed E-state index contributed by atoms with van der Waals surface area (Å²) in [4.78, 5) is 24.5. The van der Waals surface area contributed by atoms with Crippen molar-refractivity contribution in [3.05, 3.63) is 101 Å². The number of aromatic nitrogens is 1. The van der Waals surface area contributed by atoms with Gasteiger partial charge in [0.25, 0.3) is 5.91 Å².